The van der Waals surface area contributed by atoms with E-state index in [2.05, 4.69) is 0 Å². The van der Waals surface area contributed by atoms with Crippen molar-refractivity contribution in [2.24, 2.45) is 0 Å². The van der Waals surface area contributed by atoms with Crippen LogP contribution in [0, 0.1) is 0 Å². The zero-order valence-electron chi connectivity index (χ0n) is 9.77. The number of carbonyl (C=O) groups excluding carboxylic acids is 1. The minimum atomic E-state index is -1.00. The first-order chi connectivity index (χ1) is 7.31. The van der Waals surface area contributed by atoms with E-state index in [9.17, 15) is 9.59 Å². The summed E-state index contributed by atoms with van der Waals surface area (Å²) < 4.78 is 5.15. The van der Waals surface area contributed by atoms with Crippen LogP contribution in [0.5, 0.6) is 0 Å². The third kappa shape index (κ3) is 3.25. The summed E-state index contributed by atoms with van der Waals surface area (Å²) in [6.07, 6.45) is 3.28. The molecule has 16 heavy (non-hydrogen) atoms. The van der Waals surface area contributed by atoms with Crippen LogP contribution >= 0.6 is 0 Å². The van der Waals surface area contributed by atoms with Gasteiger partial charge in [0.25, 0.3) is 0 Å². The molecule has 1 aliphatic rings. The van der Waals surface area contributed by atoms with Crippen molar-refractivity contribution in [3.63, 3.8) is 0 Å². The summed E-state index contributed by atoms with van der Waals surface area (Å²) in [4.78, 5) is 23.9. The van der Waals surface area contributed by atoms with Crippen LogP contribution in [0.25, 0.3) is 0 Å². The molecule has 1 heterocycles. The van der Waals surface area contributed by atoms with Gasteiger partial charge >= 0.3 is 12.1 Å². The Bertz CT molecular complexity index is 316. The molecule has 0 fully saturated rings. The molecule has 0 aliphatic carbocycles. The monoisotopic (exact) mass is 227 g/mol. The van der Waals surface area contributed by atoms with Crippen molar-refractivity contribution >= 4 is 12.1 Å². The molecule has 0 aromatic rings. The predicted molar refractivity (Wildman–Crippen MR) is 58.1 cm³/mol. The van der Waals surface area contributed by atoms with Crippen molar-refractivity contribution in [1.29, 1.82) is 0 Å². The molecule has 1 unspecified atom stereocenters. The molecule has 90 valence electrons. The lowest BCUT2D eigenvalue weighted by molar-refractivity contribution is -0.143. The fourth-order valence-corrected chi connectivity index (χ4v) is 1.42. The van der Waals surface area contributed by atoms with E-state index in [0.717, 1.165) is 0 Å². The number of nitrogens with zero attached hydrogens (tertiary/aromatic N) is 1. The Morgan fingerprint density at radius 3 is 2.50 bits per heavy atom. The fourth-order valence-electron chi connectivity index (χ4n) is 1.42. The molecule has 0 aromatic carbocycles. The summed E-state index contributed by atoms with van der Waals surface area (Å²) in [7, 11) is 0. The molecular formula is C11H17NO4. The normalized spacial score (nSPS) is 20.7. The average molecular weight is 227 g/mol. The molecule has 0 radical (unpaired) electrons. The van der Waals surface area contributed by atoms with Crippen molar-refractivity contribution in [2.45, 2.75) is 38.8 Å². The van der Waals surface area contributed by atoms with Crippen LogP contribution in [0.15, 0.2) is 12.2 Å². The Kier molecular flexibility index (Phi) is 3.57. The number of rotatable bonds is 1. The van der Waals surface area contributed by atoms with Crippen LogP contribution < -0.4 is 0 Å². The number of aliphatic carboxylic acids is 1. The second kappa shape index (κ2) is 4.55. The molecular weight excluding hydrogens is 210 g/mol. The molecule has 1 N–H and O–H groups in total. The molecule has 0 spiro atoms. The van der Waals surface area contributed by atoms with Crippen molar-refractivity contribution in [3.05, 3.63) is 12.2 Å². The number of hydrogen-bond acceptors (Lipinski definition) is 3. The second-order valence-corrected chi connectivity index (χ2v) is 4.69. The largest absolute Gasteiger partial charge is 0.480 e. The van der Waals surface area contributed by atoms with Crippen LogP contribution in [0.3, 0.4) is 0 Å². The summed E-state index contributed by atoms with van der Waals surface area (Å²) >= 11 is 0. The van der Waals surface area contributed by atoms with Gasteiger partial charge in [-0.3, -0.25) is 4.90 Å². The van der Waals surface area contributed by atoms with Crippen molar-refractivity contribution in [2.75, 3.05) is 6.54 Å². The molecule has 5 nitrogen and oxygen atoms in total. The third-order valence-corrected chi connectivity index (χ3v) is 2.12. The van der Waals surface area contributed by atoms with Gasteiger partial charge in [0.15, 0.2) is 0 Å². The van der Waals surface area contributed by atoms with Gasteiger partial charge in [0.2, 0.25) is 0 Å². The minimum absolute atomic E-state index is 0.284. The van der Waals surface area contributed by atoms with Gasteiger partial charge in [-0.2, -0.15) is 0 Å². The molecule has 0 saturated heterocycles. The van der Waals surface area contributed by atoms with Gasteiger partial charge < -0.3 is 9.84 Å². The number of carboxylic acid groups (broad SMARTS) is 1. The van der Waals surface area contributed by atoms with E-state index in [4.69, 9.17) is 9.84 Å². The third-order valence-electron chi connectivity index (χ3n) is 2.12. The Labute approximate surface area is 94.7 Å². The van der Waals surface area contributed by atoms with Crippen LogP contribution in [0.2, 0.25) is 0 Å². The highest BCUT2D eigenvalue weighted by atomic mass is 16.6. The maximum absolute atomic E-state index is 11.7. The van der Waals surface area contributed by atoms with Crippen molar-refractivity contribution in [3.8, 4) is 0 Å². The van der Waals surface area contributed by atoms with Crippen LogP contribution in [-0.4, -0.2) is 40.3 Å². The highest BCUT2D eigenvalue weighted by Crippen LogP contribution is 2.16. The fraction of sp³-hybridized carbons (Fsp3) is 0.636. The van der Waals surface area contributed by atoms with Crippen LogP contribution in [-0.2, 0) is 9.53 Å². The first-order valence-electron chi connectivity index (χ1n) is 5.18. The van der Waals surface area contributed by atoms with E-state index in [-0.39, 0.29) is 6.54 Å². The summed E-state index contributed by atoms with van der Waals surface area (Å²) in [6.45, 7) is 5.53. The van der Waals surface area contributed by atoms with E-state index in [0.29, 0.717) is 6.42 Å². The standard InChI is InChI=1S/C11H17NO4/c1-11(2,3)16-10(15)12-7-5-4-6-8(12)9(13)14/h4-5,8H,6-7H2,1-3H3,(H,13,14). The van der Waals surface area contributed by atoms with Crippen LogP contribution in [0.4, 0.5) is 4.79 Å². The van der Waals surface area contributed by atoms with E-state index >= 15 is 0 Å². The first-order valence-corrected chi connectivity index (χ1v) is 5.18. The van der Waals surface area contributed by atoms with Crippen molar-refractivity contribution in [1.82, 2.24) is 4.90 Å². The molecule has 0 aromatic heterocycles. The zero-order chi connectivity index (χ0) is 12.3. The molecule has 0 bridgehead atoms. The van der Waals surface area contributed by atoms with Gasteiger partial charge in [-0.25, -0.2) is 9.59 Å². The lowest BCUT2D eigenvalue weighted by Crippen LogP contribution is -2.48. The first kappa shape index (κ1) is 12.5. The lowest BCUT2D eigenvalue weighted by Gasteiger charge is -2.32. The molecule has 1 aliphatic heterocycles. The number of carbonyl (C=O) groups is 2. The molecule has 1 rings (SSSR count). The summed E-state index contributed by atoms with van der Waals surface area (Å²) in [5.41, 5.74) is -0.610. The van der Waals surface area contributed by atoms with Crippen LogP contribution in [0.1, 0.15) is 27.2 Å². The van der Waals surface area contributed by atoms with E-state index in [1.165, 1.54) is 4.90 Å². The number of hydrogen-bond donors (Lipinski definition) is 1. The maximum Gasteiger partial charge on any atom is 0.411 e. The van der Waals surface area contributed by atoms with Gasteiger partial charge in [0.05, 0.1) is 0 Å². The molecule has 1 atom stereocenters. The summed E-state index contributed by atoms with van der Waals surface area (Å²) in [5.74, 6) is -1.00. The van der Waals surface area contributed by atoms with E-state index < -0.39 is 23.7 Å². The van der Waals surface area contributed by atoms with Gasteiger partial charge in [-0.05, 0) is 27.2 Å². The Morgan fingerprint density at radius 2 is 2.00 bits per heavy atom. The Morgan fingerprint density at radius 1 is 1.38 bits per heavy atom. The predicted octanol–water partition coefficient (Wildman–Crippen LogP) is 1.64. The quantitative estimate of drug-likeness (QED) is 0.691. The Balaban J connectivity index is 2.73. The highest BCUT2D eigenvalue weighted by Gasteiger charge is 2.32. The summed E-state index contributed by atoms with van der Waals surface area (Å²) in [6, 6.07) is -0.820. The second-order valence-electron chi connectivity index (χ2n) is 4.69. The van der Waals surface area contributed by atoms with E-state index in [1.807, 2.05) is 0 Å². The molecule has 5 heteroatoms. The van der Waals surface area contributed by atoms with Crippen molar-refractivity contribution < 1.29 is 19.4 Å². The lowest BCUT2D eigenvalue weighted by atomic mass is 10.1. The van der Waals surface area contributed by atoms with Gasteiger partial charge in [0.1, 0.15) is 11.6 Å². The van der Waals surface area contributed by atoms with E-state index in [1.54, 1.807) is 32.9 Å². The Hall–Kier alpha value is -1.52. The molecule has 0 saturated carbocycles. The average Bonchev–Trinajstić information content (AvgIpc) is 2.15. The van der Waals surface area contributed by atoms with Gasteiger partial charge in [0, 0.05) is 6.54 Å². The smallest absolute Gasteiger partial charge is 0.411 e. The van der Waals surface area contributed by atoms with Gasteiger partial charge in [-0.1, -0.05) is 12.2 Å². The topological polar surface area (TPSA) is 66.8 Å². The van der Waals surface area contributed by atoms with Gasteiger partial charge in [-0.15, -0.1) is 0 Å². The number of ether oxygens (including phenoxy) is 1. The SMILES string of the molecule is CC(C)(C)OC(=O)N1CC=CCC1C(=O)O. The number of carboxylic acids is 1. The molecule has 1 amide bonds. The highest BCUT2D eigenvalue weighted by molar-refractivity contribution is 5.80. The minimum Gasteiger partial charge on any atom is -0.480 e. The maximum atomic E-state index is 11.7. The zero-order valence-corrected chi connectivity index (χ0v) is 9.77. The summed E-state index contributed by atoms with van der Waals surface area (Å²) in [5, 5.41) is 8.97. The number of amides is 1.